The second kappa shape index (κ2) is 7.08. The number of carbonyl (C=O) groups is 1. The number of nitrogens with two attached hydrogens (primary N) is 1. The van der Waals surface area contributed by atoms with Crippen molar-refractivity contribution in [3.8, 4) is 0 Å². The Morgan fingerprint density at radius 3 is 2.79 bits per heavy atom. The number of carboxylic acid groups (broad SMARTS) is 1. The van der Waals surface area contributed by atoms with Crippen molar-refractivity contribution < 1.29 is 14.6 Å². The van der Waals surface area contributed by atoms with Gasteiger partial charge in [0.25, 0.3) is 0 Å². The van der Waals surface area contributed by atoms with E-state index in [0.29, 0.717) is 30.9 Å². The van der Waals surface area contributed by atoms with Crippen LogP contribution in [0.25, 0.3) is 0 Å². The molecule has 0 saturated carbocycles. The van der Waals surface area contributed by atoms with Gasteiger partial charge in [-0.2, -0.15) is 0 Å². The minimum atomic E-state index is -0.974. The van der Waals surface area contributed by atoms with Crippen LogP contribution in [0.15, 0.2) is 11.8 Å². The summed E-state index contributed by atoms with van der Waals surface area (Å²) in [6.07, 6.45) is 2.77. The summed E-state index contributed by atoms with van der Waals surface area (Å²) in [7, 11) is 0. The van der Waals surface area contributed by atoms with Crippen molar-refractivity contribution in [1.82, 2.24) is 0 Å². The Bertz CT molecular complexity index is 232. The third-order valence-electron chi connectivity index (χ3n) is 1.36. The molecule has 0 aliphatic carbocycles. The summed E-state index contributed by atoms with van der Waals surface area (Å²) in [5.41, 5.74) is 6.41. The number of hydrogen-bond donors (Lipinski definition) is 3. The van der Waals surface area contributed by atoms with Crippen LogP contribution in [-0.2, 0) is 9.53 Å². The predicted molar refractivity (Wildman–Crippen MR) is 53.4 cm³/mol. The van der Waals surface area contributed by atoms with Gasteiger partial charge in [-0.05, 0) is 25.8 Å². The lowest BCUT2D eigenvalue weighted by Crippen LogP contribution is -2.08. The van der Waals surface area contributed by atoms with E-state index >= 15 is 0 Å². The lowest BCUT2D eigenvalue weighted by molar-refractivity contribution is -0.142. The van der Waals surface area contributed by atoms with Crippen molar-refractivity contribution in [2.45, 2.75) is 19.8 Å². The number of ether oxygens (including phenoxy) is 1. The Morgan fingerprint density at radius 1 is 1.64 bits per heavy atom. The van der Waals surface area contributed by atoms with Gasteiger partial charge in [0.2, 0.25) is 0 Å². The average molecular weight is 200 g/mol. The van der Waals surface area contributed by atoms with Crippen LogP contribution in [0.3, 0.4) is 0 Å². The molecule has 14 heavy (non-hydrogen) atoms. The largest absolute Gasteiger partial charge is 0.480 e. The first-order chi connectivity index (χ1) is 6.52. The third-order valence-corrected chi connectivity index (χ3v) is 1.36. The SMILES string of the molecule is C/C(N)=C/C(=N)CCCOCC(=O)O. The number of hydrogen-bond acceptors (Lipinski definition) is 4. The van der Waals surface area contributed by atoms with E-state index in [9.17, 15) is 4.79 Å². The molecule has 0 aromatic carbocycles. The first-order valence-corrected chi connectivity index (χ1v) is 4.33. The molecule has 0 unspecified atom stereocenters. The summed E-state index contributed by atoms with van der Waals surface area (Å²) in [6.45, 7) is 1.79. The maximum atomic E-state index is 10.0. The summed E-state index contributed by atoms with van der Waals surface area (Å²) in [6, 6.07) is 0. The molecule has 0 aliphatic rings. The van der Waals surface area contributed by atoms with Crippen LogP contribution in [0.2, 0.25) is 0 Å². The third kappa shape index (κ3) is 8.73. The first-order valence-electron chi connectivity index (χ1n) is 4.33. The van der Waals surface area contributed by atoms with E-state index in [-0.39, 0.29) is 6.61 Å². The van der Waals surface area contributed by atoms with Gasteiger partial charge in [0.15, 0.2) is 0 Å². The van der Waals surface area contributed by atoms with Crippen molar-refractivity contribution in [3.05, 3.63) is 11.8 Å². The molecule has 0 amide bonds. The molecule has 0 aromatic rings. The summed E-state index contributed by atoms with van der Waals surface area (Å²) >= 11 is 0. The molecule has 0 saturated heterocycles. The van der Waals surface area contributed by atoms with E-state index in [1.807, 2.05) is 0 Å². The Labute approximate surface area is 83.1 Å². The minimum absolute atomic E-state index is 0.279. The van der Waals surface area contributed by atoms with E-state index in [2.05, 4.69) is 0 Å². The summed E-state index contributed by atoms with van der Waals surface area (Å²) < 4.78 is 4.80. The van der Waals surface area contributed by atoms with E-state index in [1.165, 1.54) is 0 Å². The normalized spacial score (nSPS) is 11.4. The minimum Gasteiger partial charge on any atom is -0.480 e. The fraction of sp³-hybridized carbons (Fsp3) is 0.556. The van der Waals surface area contributed by atoms with Crippen LogP contribution in [-0.4, -0.2) is 30.0 Å². The molecule has 0 heterocycles. The Kier molecular flexibility index (Phi) is 6.39. The van der Waals surface area contributed by atoms with E-state index in [4.69, 9.17) is 21.0 Å². The molecule has 0 radical (unpaired) electrons. The fourth-order valence-electron chi connectivity index (χ4n) is 0.871. The molecule has 0 spiro atoms. The quantitative estimate of drug-likeness (QED) is 0.417. The maximum absolute atomic E-state index is 10.0. The Balaban J connectivity index is 3.41. The molecule has 0 aromatic heterocycles. The zero-order chi connectivity index (χ0) is 11.0. The molecule has 0 fully saturated rings. The van der Waals surface area contributed by atoms with Crippen molar-refractivity contribution >= 4 is 11.7 Å². The van der Waals surface area contributed by atoms with Gasteiger partial charge in [-0.1, -0.05) is 0 Å². The van der Waals surface area contributed by atoms with Gasteiger partial charge in [0.1, 0.15) is 6.61 Å². The molecule has 0 atom stereocenters. The van der Waals surface area contributed by atoms with Crippen LogP contribution in [0.4, 0.5) is 0 Å². The van der Waals surface area contributed by atoms with E-state index < -0.39 is 5.97 Å². The molecule has 5 heteroatoms. The van der Waals surface area contributed by atoms with Crippen LogP contribution >= 0.6 is 0 Å². The predicted octanol–water partition coefficient (Wildman–Crippen LogP) is 0.750. The number of rotatable bonds is 7. The Morgan fingerprint density at radius 2 is 2.29 bits per heavy atom. The van der Waals surface area contributed by atoms with Crippen LogP contribution < -0.4 is 5.73 Å². The highest BCUT2D eigenvalue weighted by Crippen LogP contribution is 1.95. The highest BCUT2D eigenvalue weighted by molar-refractivity contribution is 5.92. The lowest BCUT2D eigenvalue weighted by atomic mass is 10.2. The van der Waals surface area contributed by atoms with Crippen LogP contribution in [0, 0.1) is 5.41 Å². The second-order valence-electron chi connectivity index (χ2n) is 2.96. The van der Waals surface area contributed by atoms with Gasteiger partial charge in [0.05, 0.1) is 0 Å². The molecule has 5 nitrogen and oxygen atoms in total. The standard InChI is InChI=1S/C9H16N2O3/c1-7(10)5-8(11)3-2-4-14-6-9(12)13/h5,11H,2-4,6,10H2,1H3,(H,12,13)/b7-5-,11-8?. The van der Waals surface area contributed by atoms with E-state index in [1.54, 1.807) is 13.0 Å². The number of aliphatic carboxylic acids is 1. The second-order valence-corrected chi connectivity index (χ2v) is 2.96. The van der Waals surface area contributed by atoms with Gasteiger partial charge < -0.3 is 21.0 Å². The van der Waals surface area contributed by atoms with Crippen molar-refractivity contribution in [2.75, 3.05) is 13.2 Å². The molecule has 0 rings (SSSR count). The average Bonchev–Trinajstić information content (AvgIpc) is 2.01. The van der Waals surface area contributed by atoms with E-state index in [0.717, 1.165) is 0 Å². The highest BCUT2D eigenvalue weighted by atomic mass is 16.5. The number of nitrogens with one attached hydrogen (secondary N) is 1. The maximum Gasteiger partial charge on any atom is 0.329 e. The highest BCUT2D eigenvalue weighted by Gasteiger charge is 1.97. The Hall–Kier alpha value is -1.36. The summed E-state index contributed by atoms with van der Waals surface area (Å²) in [4.78, 5) is 10.0. The monoisotopic (exact) mass is 200 g/mol. The van der Waals surface area contributed by atoms with Gasteiger partial charge in [0, 0.05) is 18.0 Å². The molecule has 80 valence electrons. The number of carboxylic acids is 1. The summed E-state index contributed by atoms with van der Waals surface area (Å²) in [5, 5.41) is 15.7. The van der Waals surface area contributed by atoms with Crippen molar-refractivity contribution in [3.63, 3.8) is 0 Å². The molecular formula is C9H16N2O3. The lowest BCUT2D eigenvalue weighted by Gasteiger charge is -2.00. The summed E-state index contributed by atoms with van der Waals surface area (Å²) in [5.74, 6) is -0.974. The van der Waals surface area contributed by atoms with Gasteiger partial charge in [-0.15, -0.1) is 0 Å². The van der Waals surface area contributed by atoms with Crippen molar-refractivity contribution in [1.29, 1.82) is 5.41 Å². The van der Waals surface area contributed by atoms with Crippen LogP contribution in [0.1, 0.15) is 19.8 Å². The van der Waals surface area contributed by atoms with Gasteiger partial charge in [-0.3, -0.25) is 0 Å². The number of allylic oxidation sites excluding steroid dienone is 2. The van der Waals surface area contributed by atoms with Crippen LogP contribution in [0.5, 0.6) is 0 Å². The fourth-order valence-corrected chi connectivity index (χ4v) is 0.871. The zero-order valence-corrected chi connectivity index (χ0v) is 8.25. The van der Waals surface area contributed by atoms with Crippen molar-refractivity contribution in [2.24, 2.45) is 5.73 Å². The molecular weight excluding hydrogens is 184 g/mol. The molecule has 0 bridgehead atoms. The molecule has 4 N–H and O–H groups in total. The molecule has 0 aliphatic heterocycles. The first kappa shape index (κ1) is 12.6. The van der Waals surface area contributed by atoms with Gasteiger partial charge >= 0.3 is 5.97 Å². The van der Waals surface area contributed by atoms with Gasteiger partial charge in [-0.25, -0.2) is 4.79 Å². The topological polar surface area (TPSA) is 96.4 Å². The smallest absolute Gasteiger partial charge is 0.329 e. The zero-order valence-electron chi connectivity index (χ0n) is 8.25.